The molecule has 116 valence electrons. The second-order valence-electron chi connectivity index (χ2n) is 4.48. The number of halogens is 4. The van der Waals surface area contributed by atoms with Gasteiger partial charge in [-0.3, -0.25) is 4.79 Å². The number of hydrogen-bond acceptors (Lipinski definition) is 4. The molecule has 2 atom stereocenters. The highest BCUT2D eigenvalue weighted by Crippen LogP contribution is 2.37. The molecule has 21 heavy (non-hydrogen) atoms. The van der Waals surface area contributed by atoms with E-state index in [0.29, 0.717) is 6.54 Å². The minimum absolute atomic E-state index is 0.0304. The second-order valence-corrected chi connectivity index (χ2v) is 5.77. The van der Waals surface area contributed by atoms with E-state index in [-0.39, 0.29) is 27.4 Å². The van der Waals surface area contributed by atoms with Crippen molar-refractivity contribution in [2.75, 3.05) is 11.9 Å². The Kier molecular flexibility index (Phi) is 5.37. The Bertz CT molecular complexity index is 547. The van der Waals surface area contributed by atoms with Crippen molar-refractivity contribution in [1.82, 2.24) is 5.32 Å². The van der Waals surface area contributed by atoms with Crippen LogP contribution in [0.15, 0.2) is 16.6 Å². The average Bonchev–Trinajstić information content (AvgIpc) is 2.80. The number of ether oxygens (including phenoxy) is 1. The number of carbonyl (C=O) groups excluding carboxylic acids is 1. The van der Waals surface area contributed by atoms with E-state index in [9.17, 15) is 18.7 Å². The Balaban J connectivity index is 2.19. The number of anilines is 1. The van der Waals surface area contributed by atoms with Crippen LogP contribution in [0.4, 0.5) is 14.5 Å². The summed E-state index contributed by atoms with van der Waals surface area (Å²) >= 11 is 8.90. The molecule has 0 saturated carbocycles. The molecule has 1 aliphatic heterocycles. The van der Waals surface area contributed by atoms with Gasteiger partial charge in [-0.2, -0.15) is 8.78 Å². The third kappa shape index (κ3) is 4.26. The Morgan fingerprint density at radius 1 is 1.57 bits per heavy atom. The molecule has 3 N–H and O–H groups in total. The molecule has 0 aliphatic carbocycles. The third-order valence-electron chi connectivity index (χ3n) is 2.90. The number of carbonyl (C=O) groups is 1. The van der Waals surface area contributed by atoms with Crippen LogP contribution < -0.4 is 15.4 Å². The molecular weight excluding hydrogens is 373 g/mol. The maximum atomic E-state index is 12.4. The molecule has 1 fully saturated rings. The van der Waals surface area contributed by atoms with Crippen LogP contribution in [-0.2, 0) is 4.79 Å². The average molecular weight is 386 g/mol. The van der Waals surface area contributed by atoms with Gasteiger partial charge in [-0.15, -0.1) is 0 Å². The second kappa shape index (κ2) is 6.87. The summed E-state index contributed by atoms with van der Waals surface area (Å²) < 4.78 is 29.5. The number of amides is 1. The van der Waals surface area contributed by atoms with Crippen molar-refractivity contribution in [1.29, 1.82) is 0 Å². The molecule has 0 radical (unpaired) electrons. The van der Waals surface area contributed by atoms with Crippen LogP contribution in [0.3, 0.4) is 0 Å². The van der Waals surface area contributed by atoms with Gasteiger partial charge in [0.1, 0.15) is 0 Å². The lowest BCUT2D eigenvalue weighted by Crippen LogP contribution is -2.35. The largest absolute Gasteiger partial charge is 0.431 e. The van der Waals surface area contributed by atoms with Crippen LogP contribution in [0, 0.1) is 0 Å². The van der Waals surface area contributed by atoms with Gasteiger partial charge in [-0.05, 0) is 34.5 Å². The monoisotopic (exact) mass is 384 g/mol. The molecule has 1 heterocycles. The minimum atomic E-state index is -3.04. The topological polar surface area (TPSA) is 70.6 Å². The van der Waals surface area contributed by atoms with E-state index in [1.165, 1.54) is 12.1 Å². The van der Waals surface area contributed by atoms with Crippen molar-refractivity contribution in [3.8, 4) is 5.75 Å². The SMILES string of the molecule is O=C(Nc1cc(Cl)cc(Br)c1OC(F)F)C1CC(O)CN1. The van der Waals surface area contributed by atoms with Crippen molar-refractivity contribution in [2.24, 2.45) is 0 Å². The molecule has 0 bridgehead atoms. The number of benzene rings is 1. The third-order valence-corrected chi connectivity index (χ3v) is 3.70. The van der Waals surface area contributed by atoms with Crippen molar-refractivity contribution in [2.45, 2.75) is 25.2 Å². The van der Waals surface area contributed by atoms with Gasteiger partial charge in [0.25, 0.3) is 0 Å². The van der Waals surface area contributed by atoms with Gasteiger partial charge in [0, 0.05) is 11.6 Å². The van der Waals surface area contributed by atoms with Crippen LogP contribution in [-0.4, -0.2) is 36.3 Å². The van der Waals surface area contributed by atoms with Crippen LogP contribution in [0.2, 0.25) is 5.02 Å². The standard InChI is InChI=1S/C12H12BrClF2N2O3/c13-7-1-5(14)2-8(10(7)21-12(15)16)18-11(20)9-3-6(19)4-17-9/h1-2,6,9,12,17,19H,3-4H2,(H,18,20). The van der Waals surface area contributed by atoms with Gasteiger partial charge >= 0.3 is 6.61 Å². The summed E-state index contributed by atoms with van der Waals surface area (Å²) in [5.74, 6) is -0.666. The van der Waals surface area contributed by atoms with Crippen molar-refractivity contribution >= 4 is 39.1 Å². The summed E-state index contributed by atoms with van der Waals surface area (Å²) in [7, 11) is 0. The van der Waals surface area contributed by atoms with E-state index in [2.05, 4.69) is 31.3 Å². The first-order valence-electron chi connectivity index (χ1n) is 6.03. The lowest BCUT2D eigenvalue weighted by atomic mass is 10.2. The molecule has 1 saturated heterocycles. The highest BCUT2D eigenvalue weighted by molar-refractivity contribution is 9.10. The van der Waals surface area contributed by atoms with Crippen LogP contribution >= 0.6 is 27.5 Å². The van der Waals surface area contributed by atoms with Gasteiger partial charge < -0.3 is 20.5 Å². The van der Waals surface area contributed by atoms with Crippen molar-refractivity contribution < 1.29 is 23.4 Å². The molecule has 5 nitrogen and oxygen atoms in total. The summed E-state index contributed by atoms with van der Waals surface area (Å²) in [4.78, 5) is 12.0. The number of alkyl halides is 2. The first kappa shape index (κ1) is 16.4. The quantitative estimate of drug-likeness (QED) is 0.744. The van der Waals surface area contributed by atoms with Crippen LogP contribution in [0.5, 0.6) is 5.75 Å². The zero-order valence-corrected chi connectivity index (χ0v) is 12.9. The first-order chi connectivity index (χ1) is 9.86. The molecule has 2 unspecified atom stereocenters. The van der Waals surface area contributed by atoms with Crippen LogP contribution in [0.1, 0.15) is 6.42 Å². The number of aliphatic hydroxyl groups excluding tert-OH is 1. The van der Waals surface area contributed by atoms with E-state index in [4.69, 9.17) is 11.6 Å². The predicted octanol–water partition coefficient (Wildman–Crippen LogP) is 2.37. The lowest BCUT2D eigenvalue weighted by molar-refractivity contribution is -0.118. The summed E-state index contributed by atoms with van der Waals surface area (Å²) in [5, 5.41) is 14.9. The van der Waals surface area contributed by atoms with Gasteiger partial charge in [-0.25, -0.2) is 0 Å². The van der Waals surface area contributed by atoms with Crippen molar-refractivity contribution in [3.63, 3.8) is 0 Å². The molecule has 2 rings (SSSR count). The van der Waals surface area contributed by atoms with Crippen LogP contribution in [0.25, 0.3) is 0 Å². The summed E-state index contributed by atoms with van der Waals surface area (Å²) in [6.45, 7) is -2.73. The maximum Gasteiger partial charge on any atom is 0.387 e. The fourth-order valence-electron chi connectivity index (χ4n) is 2.00. The van der Waals surface area contributed by atoms with E-state index in [0.717, 1.165) is 0 Å². The van der Waals surface area contributed by atoms with Gasteiger partial charge in [-0.1, -0.05) is 11.6 Å². The van der Waals surface area contributed by atoms with E-state index in [1.54, 1.807) is 0 Å². The van der Waals surface area contributed by atoms with Gasteiger partial charge in [0.2, 0.25) is 5.91 Å². The molecule has 0 spiro atoms. The Morgan fingerprint density at radius 3 is 2.86 bits per heavy atom. The number of hydrogen-bond donors (Lipinski definition) is 3. The molecule has 1 amide bonds. The highest BCUT2D eigenvalue weighted by atomic mass is 79.9. The van der Waals surface area contributed by atoms with E-state index >= 15 is 0 Å². The maximum absolute atomic E-state index is 12.4. The van der Waals surface area contributed by atoms with Gasteiger partial charge in [0.15, 0.2) is 5.75 Å². The molecule has 1 aromatic carbocycles. The van der Waals surface area contributed by atoms with Crippen molar-refractivity contribution in [3.05, 3.63) is 21.6 Å². The van der Waals surface area contributed by atoms with Gasteiger partial charge in [0.05, 0.1) is 22.3 Å². The smallest absolute Gasteiger partial charge is 0.387 e. The van der Waals surface area contributed by atoms with E-state index in [1.807, 2.05) is 0 Å². The minimum Gasteiger partial charge on any atom is -0.431 e. The molecule has 0 aromatic heterocycles. The number of rotatable bonds is 4. The molecular formula is C12H12BrClF2N2O3. The first-order valence-corrected chi connectivity index (χ1v) is 7.20. The summed E-state index contributed by atoms with van der Waals surface area (Å²) in [6.07, 6.45) is -0.359. The zero-order valence-electron chi connectivity index (χ0n) is 10.6. The number of β-amino-alcohol motifs (C(OH)–C–C–N with tert-alkyl or cyclic N) is 1. The molecule has 1 aromatic rings. The number of nitrogens with one attached hydrogen (secondary N) is 2. The summed E-state index contributed by atoms with van der Waals surface area (Å²) in [6, 6.07) is 2.09. The predicted molar refractivity (Wildman–Crippen MR) is 76.8 cm³/mol. The normalized spacial score (nSPS) is 21.6. The van der Waals surface area contributed by atoms with E-state index < -0.39 is 24.7 Å². The zero-order chi connectivity index (χ0) is 15.6. The Labute approximate surface area is 132 Å². The Hall–Kier alpha value is -0.960. The Morgan fingerprint density at radius 2 is 2.29 bits per heavy atom. The lowest BCUT2D eigenvalue weighted by Gasteiger charge is -2.16. The molecule has 1 aliphatic rings. The molecule has 9 heteroatoms. The fourth-order valence-corrected chi connectivity index (χ4v) is 2.90. The number of aliphatic hydroxyl groups is 1. The highest BCUT2D eigenvalue weighted by Gasteiger charge is 2.29. The fraction of sp³-hybridized carbons (Fsp3) is 0.417. The summed E-state index contributed by atoms with van der Waals surface area (Å²) in [5.41, 5.74) is 0.0304.